The van der Waals surface area contributed by atoms with Crippen molar-refractivity contribution in [2.24, 2.45) is 0 Å². The maximum Gasteiger partial charge on any atom is 0.438 e. The van der Waals surface area contributed by atoms with Crippen molar-refractivity contribution in [3.05, 3.63) is 17.7 Å². The number of ether oxygens (including phenoxy) is 2. The Morgan fingerprint density at radius 2 is 1.52 bits per heavy atom. The molecular weight excluding hydrogens is 459 g/mol. The fraction of sp³-hybridized carbons (Fsp3) is 0.429. The summed E-state index contributed by atoms with van der Waals surface area (Å²) in [4.78, 5) is 23.7. The van der Waals surface area contributed by atoms with Crippen LogP contribution in [-0.2, 0) is 30.8 Å². The lowest BCUT2D eigenvalue weighted by Crippen LogP contribution is -2.63. The van der Waals surface area contributed by atoms with Gasteiger partial charge in [0.15, 0.2) is 0 Å². The summed E-state index contributed by atoms with van der Waals surface area (Å²) < 4.78 is 117. The molecule has 0 atom stereocenters. The third-order valence-corrected chi connectivity index (χ3v) is 4.74. The van der Waals surface area contributed by atoms with E-state index in [1.807, 2.05) is 0 Å². The van der Waals surface area contributed by atoms with Crippen molar-refractivity contribution < 1.29 is 58.4 Å². The number of rotatable bonds is 7. The average molecular weight is 474 g/mol. The molecule has 0 fully saturated rings. The second-order valence-corrected chi connectivity index (χ2v) is 8.05. The van der Waals surface area contributed by atoms with Gasteiger partial charge in [0.25, 0.3) is 10.1 Å². The lowest BCUT2D eigenvalue weighted by atomic mass is 9.81. The van der Waals surface area contributed by atoms with Crippen molar-refractivity contribution in [1.82, 2.24) is 0 Å². The molecule has 0 aromatic heterocycles. The number of hydrogen-bond acceptors (Lipinski definition) is 6. The van der Waals surface area contributed by atoms with Crippen LogP contribution in [0, 0.1) is 0 Å². The van der Waals surface area contributed by atoms with E-state index in [0.717, 1.165) is 5.46 Å². The number of carbonyl (C=O) groups excluding carboxylic acids is 2. The molecule has 0 bridgehead atoms. The molecule has 0 aliphatic rings. The molecule has 0 aliphatic carbocycles. The van der Waals surface area contributed by atoms with Gasteiger partial charge in [-0.15, -0.1) is 0 Å². The Morgan fingerprint density at radius 1 is 1.00 bits per heavy atom. The number of benzene rings is 1. The molecule has 7 nitrogen and oxygen atoms in total. The molecule has 1 aromatic carbocycles. The van der Waals surface area contributed by atoms with Gasteiger partial charge >= 0.3 is 29.9 Å². The number of esters is 2. The molecule has 0 saturated heterocycles. The van der Waals surface area contributed by atoms with E-state index in [1.54, 1.807) is 27.8 Å². The zero-order chi connectivity index (χ0) is 24.4. The molecule has 0 radical (unpaired) electrons. The van der Waals surface area contributed by atoms with Gasteiger partial charge in [-0.2, -0.15) is 34.8 Å². The van der Waals surface area contributed by atoms with Gasteiger partial charge in [0.1, 0.15) is 41.5 Å². The average Bonchev–Trinajstić information content (AvgIpc) is 2.52. The molecule has 1 rings (SSSR count). The van der Waals surface area contributed by atoms with Gasteiger partial charge in [-0.25, -0.2) is 0 Å². The van der Waals surface area contributed by atoms with Crippen molar-refractivity contribution >= 4 is 56.5 Å². The molecule has 0 heterocycles. The molecule has 31 heavy (non-hydrogen) atoms. The molecule has 0 amide bonds. The molecule has 17 heteroatoms. The summed E-state index contributed by atoms with van der Waals surface area (Å²) in [5.41, 5.74) is -3.88. The first-order valence-corrected chi connectivity index (χ1v) is 10.0. The Hall–Kier alpha value is -2.16. The van der Waals surface area contributed by atoms with Crippen molar-refractivity contribution in [3.8, 4) is 5.75 Å². The van der Waals surface area contributed by atoms with E-state index in [1.165, 1.54) is 7.85 Å². The van der Waals surface area contributed by atoms with E-state index >= 15 is 0 Å². The van der Waals surface area contributed by atoms with E-state index in [4.69, 9.17) is 9.29 Å². The summed E-state index contributed by atoms with van der Waals surface area (Å²) in [6.45, 7) is 0. The summed E-state index contributed by atoms with van der Waals surface area (Å²) in [6.07, 6.45) is -14.3. The monoisotopic (exact) mass is 474 g/mol. The smallest absolute Gasteiger partial charge is 0.438 e. The third-order valence-electron chi connectivity index (χ3n) is 3.97. The van der Waals surface area contributed by atoms with Crippen molar-refractivity contribution in [3.63, 3.8) is 0 Å². The maximum atomic E-state index is 13.1. The van der Waals surface area contributed by atoms with Crippen LogP contribution in [0.3, 0.4) is 0 Å². The number of alkyl halides is 6. The predicted octanol–water partition coefficient (Wildman–Crippen LogP) is -2.07. The topological polar surface area (TPSA) is 107 Å². The van der Waals surface area contributed by atoms with Crippen molar-refractivity contribution in [1.29, 1.82) is 0 Å². The highest BCUT2D eigenvalue weighted by Gasteiger charge is 2.75. The zero-order valence-electron chi connectivity index (χ0n) is 16.3. The summed E-state index contributed by atoms with van der Waals surface area (Å²) in [5, 5.41) is 0. The van der Waals surface area contributed by atoms with Crippen LogP contribution in [0.2, 0.25) is 0 Å². The van der Waals surface area contributed by atoms with Gasteiger partial charge in [-0.3, -0.25) is 14.1 Å². The molecule has 0 unspecified atom stereocenters. The lowest BCUT2D eigenvalue weighted by molar-refractivity contribution is -0.361. The van der Waals surface area contributed by atoms with E-state index in [0.29, 0.717) is 17.3 Å². The third kappa shape index (κ3) is 6.66. The van der Waals surface area contributed by atoms with Gasteiger partial charge < -0.3 is 9.47 Å². The van der Waals surface area contributed by atoms with Crippen molar-refractivity contribution in [2.45, 2.75) is 30.7 Å². The fourth-order valence-electron chi connectivity index (χ4n) is 2.68. The van der Waals surface area contributed by atoms with Crippen LogP contribution < -0.4 is 15.7 Å². The number of halogens is 6. The van der Waals surface area contributed by atoms with Gasteiger partial charge in [0.05, 0.1) is 0 Å². The molecule has 170 valence electrons. The van der Waals surface area contributed by atoms with E-state index in [9.17, 15) is 44.3 Å². The Morgan fingerprint density at radius 3 is 1.94 bits per heavy atom. The highest BCUT2D eigenvalue weighted by atomic mass is 32.2. The Bertz CT molecular complexity index is 948. The van der Waals surface area contributed by atoms with Crippen LogP contribution in [0.4, 0.5) is 26.3 Å². The number of hydrogen-bond donors (Lipinski definition) is 1. The predicted molar refractivity (Wildman–Crippen MR) is 103 cm³/mol. The Labute approximate surface area is 175 Å². The molecule has 0 spiro atoms. The minimum atomic E-state index is -6.48. The van der Waals surface area contributed by atoms with Crippen LogP contribution >= 0.6 is 0 Å². The maximum absolute atomic E-state index is 13.1. The van der Waals surface area contributed by atoms with Crippen LogP contribution in [0.5, 0.6) is 5.75 Å². The van der Waals surface area contributed by atoms with Crippen LogP contribution in [0.15, 0.2) is 12.1 Å². The Balaban J connectivity index is 3.18. The SMILES string of the molecule is BCc1cc(B)cc(B)c1OC(=O)CC(=O)OC(CS(=O)(=O)O)(C(F)(F)F)C(F)(F)F. The molecule has 0 saturated carbocycles. The first-order chi connectivity index (χ1) is 13.8. The number of carbonyl (C=O) groups is 2. The first kappa shape index (κ1) is 26.9. The van der Waals surface area contributed by atoms with Gasteiger partial charge in [0.2, 0.25) is 0 Å². The highest BCUT2D eigenvalue weighted by molar-refractivity contribution is 7.85. The van der Waals surface area contributed by atoms with E-state index in [2.05, 4.69) is 4.74 Å². The van der Waals surface area contributed by atoms with Gasteiger partial charge in [0, 0.05) is 0 Å². The fourth-order valence-corrected chi connectivity index (χ4v) is 3.58. The Kier molecular flexibility index (Phi) is 7.93. The minimum Gasteiger partial charge on any atom is -0.438 e. The molecular formula is C14H15B3F6O7S. The standard InChI is InChI=1S/C14H15B3F6O7S/c15-4-6-1-7(16)2-8(17)11(6)29-9(24)3-10(25)30-12(13(18,19)20,14(21,22)23)5-31(26,27)28/h1-2H,3-5,15-17H2,(H,26,27,28). The molecule has 0 aliphatic heterocycles. The summed E-state index contributed by atoms with van der Waals surface area (Å²) >= 11 is 0. The second kappa shape index (κ2) is 9.14. The van der Waals surface area contributed by atoms with Gasteiger partial charge in [-0.1, -0.05) is 23.9 Å². The second-order valence-electron chi connectivity index (χ2n) is 6.60. The van der Waals surface area contributed by atoms with Crippen molar-refractivity contribution in [2.75, 3.05) is 5.75 Å². The zero-order valence-corrected chi connectivity index (χ0v) is 17.2. The normalized spacial score (nSPS) is 13.0. The summed E-state index contributed by atoms with van der Waals surface area (Å²) in [7, 11) is -0.973. The molecule has 1 aromatic rings. The lowest BCUT2D eigenvalue weighted by Gasteiger charge is -2.35. The van der Waals surface area contributed by atoms with Gasteiger partial charge in [-0.05, 0) is 11.0 Å². The van der Waals surface area contributed by atoms with Crippen LogP contribution in [0.1, 0.15) is 12.0 Å². The van der Waals surface area contributed by atoms with Crippen LogP contribution in [0.25, 0.3) is 0 Å². The van der Waals surface area contributed by atoms with E-state index < -0.39 is 52.2 Å². The highest BCUT2D eigenvalue weighted by Crippen LogP contribution is 2.47. The largest absolute Gasteiger partial charge is 0.438 e. The minimum absolute atomic E-state index is 0.0262. The van der Waals surface area contributed by atoms with E-state index in [-0.39, 0.29) is 5.75 Å². The quantitative estimate of drug-likeness (QED) is 0.121. The summed E-state index contributed by atoms with van der Waals surface area (Å²) in [5.74, 6) is -6.95. The first-order valence-electron chi connectivity index (χ1n) is 8.44. The van der Waals surface area contributed by atoms with Crippen LogP contribution in [-0.4, -0.2) is 72.2 Å². The molecule has 1 N–H and O–H groups in total. The summed E-state index contributed by atoms with van der Waals surface area (Å²) in [6, 6.07) is 3.21.